The summed E-state index contributed by atoms with van der Waals surface area (Å²) in [6, 6.07) is 19.0. The Kier molecular flexibility index (Phi) is 4.36. The summed E-state index contributed by atoms with van der Waals surface area (Å²) in [6.45, 7) is 0. The molecule has 0 saturated heterocycles. The first-order valence-corrected chi connectivity index (χ1v) is 9.57. The highest BCUT2D eigenvalue weighted by Crippen LogP contribution is 2.24. The number of aromatic nitrogens is 1. The second-order valence-electron chi connectivity index (χ2n) is 5.03. The van der Waals surface area contributed by atoms with Crippen LogP contribution in [0.4, 0.5) is 0 Å². The summed E-state index contributed by atoms with van der Waals surface area (Å²) in [4.78, 5) is 4.45. The molecule has 3 nitrogen and oxygen atoms in total. The Morgan fingerprint density at radius 1 is 0.864 bits per heavy atom. The van der Waals surface area contributed by atoms with E-state index in [4.69, 9.17) is 0 Å². The molecule has 3 rings (SSSR count). The monoisotopic (exact) mass is 329 g/mol. The highest BCUT2D eigenvalue weighted by atomic mass is 32.2. The predicted molar refractivity (Wildman–Crippen MR) is 90.3 cm³/mol. The fraction of sp³-hybridized carbons (Fsp3) is 0.118. The van der Waals surface area contributed by atoms with Crippen LogP contribution in [0, 0.1) is 0 Å². The smallest absolute Gasteiger partial charge is 0.160 e. The Balaban J connectivity index is 1.75. The zero-order chi connectivity index (χ0) is 15.4. The van der Waals surface area contributed by atoms with Gasteiger partial charge in [-0.15, -0.1) is 11.3 Å². The first kappa shape index (κ1) is 14.9. The van der Waals surface area contributed by atoms with Gasteiger partial charge in [-0.3, -0.25) is 0 Å². The highest BCUT2D eigenvalue weighted by Gasteiger charge is 2.15. The molecule has 0 unspecified atom stereocenters. The summed E-state index contributed by atoms with van der Waals surface area (Å²) in [6.07, 6.45) is 0. The van der Waals surface area contributed by atoms with Crippen LogP contribution < -0.4 is 0 Å². The second kappa shape index (κ2) is 6.42. The van der Waals surface area contributed by atoms with Gasteiger partial charge in [0, 0.05) is 10.9 Å². The standard InChI is InChI=1S/C17H15NO2S2/c19-22(20,12-14-7-3-1-4-8-14)13-16-11-21-17(18-16)15-9-5-2-6-10-15/h1-11H,12-13H2. The van der Waals surface area contributed by atoms with Gasteiger partial charge in [0.15, 0.2) is 9.84 Å². The van der Waals surface area contributed by atoms with Crippen molar-refractivity contribution in [1.82, 2.24) is 4.98 Å². The van der Waals surface area contributed by atoms with Crippen LogP contribution in [0.15, 0.2) is 66.0 Å². The molecule has 0 N–H and O–H groups in total. The molecule has 112 valence electrons. The molecule has 5 heteroatoms. The van der Waals surface area contributed by atoms with Gasteiger partial charge in [-0.05, 0) is 5.56 Å². The molecule has 1 aromatic heterocycles. The zero-order valence-electron chi connectivity index (χ0n) is 11.8. The van der Waals surface area contributed by atoms with Gasteiger partial charge in [-0.2, -0.15) is 0 Å². The molecule has 22 heavy (non-hydrogen) atoms. The van der Waals surface area contributed by atoms with Gasteiger partial charge in [0.25, 0.3) is 0 Å². The summed E-state index contributed by atoms with van der Waals surface area (Å²) in [5.74, 6) is 0.0251. The number of sulfone groups is 1. The van der Waals surface area contributed by atoms with Crippen LogP contribution >= 0.6 is 11.3 Å². The number of hydrogen-bond acceptors (Lipinski definition) is 4. The van der Waals surface area contributed by atoms with Gasteiger partial charge in [0.05, 0.1) is 17.2 Å². The lowest BCUT2D eigenvalue weighted by Crippen LogP contribution is -2.07. The molecule has 0 radical (unpaired) electrons. The first-order valence-electron chi connectivity index (χ1n) is 6.86. The van der Waals surface area contributed by atoms with Crippen LogP contribution in [0.25, 0.3) is 10.6 Å². The van der Waals surface area contributed by atoms with Crippen molar-refractivity contribution in [2.24, 2.45) is 0 Å². The topological polar surface area (TPSA) is 47.0 Å². The van der Waals surface area contributed by atoms with Crippen molar-refractivity contribution < 1.29 is 8.42 Å². The summed E-state index contributed by atoms with van der Waals surface area (Å²) in [5.41, 5.74) is 2.43. The van der Waals surface area contributed by atoms with Gasteiger partial charge < -0.3 is 0 Å². The van der Waals surface area contributed by atoms with Gasteiger partial charge in [0.2, 0.25) is 0 Å². The zero-order valence-corrected chi connectivity index (χ0v) is 13.5. The molecule has 0 aliphatic rings. The Morgan fingerprint density at radius 2 is 1.50 bits per heavy atom. The van der Waals surface area contributed by atoms with E-state index >= 15 is 0 Å². The average molecular weight is 329 g/mol. The molecule has 0 bridgehead atoms. The van der Waals surface area contributed by atoms with Crippen molar-refractivity contribution in [1.29, 1.82) is 0 Å². The molecule has 0 aliphatic carbocycles. The number of rotatable bonds is 5. The Labute approximate surface area is 134 Å². The van der Waals surface area contributed by atoms with Gasteiger partial charge in [0.1, 0.15) is 5.01 Å². The average Bonchev–Trinajstić information content (AvgIpc) is 2.96. The molecule has 0 atom stereocenters. The van der Waals surface area contributed by atoms with Crippen molar-refractivity contribution in [2.75, 3.05) is 0 Å². The van der Waals surface area contributed by atoms with Crippen molar-refractivity contribution in [2.45, 2.75) is 11.5 Å². The maximum Gasteiger partial charge on any atom is 0.160 e. The van der Waals surface area contributed by atoms with Crippen molar-refractivity contribution in [3.8, 4) is 10.6 Å². The van der Waals surface area contributed by atoms with Crippen LogP contribution in [0.3, 0.4) is 0 Å². The normalized spacial score (nSPS) is 11.5. The van der Waals surface area contributed by atoms with Crippen LogP contribution in [-0.2, 0) is 21.3 Å². The van der Waals surface area contributed by atoms with E-state index in [-0.39, 0.29) is 11.5 Å². The number of nitrogens with zero attached hydrogens (tertiary/aromatic N) is 1. The molecule has 0 amide bonds. The lowest BCUT2D eigenvalue weighted by atomic mass is 10.2. The summed E-state index contributed by atoms with van der Waals surface area (Å²) in [7, 11) is -3.21. The molecule has 0 spiro atoms. The lowest BCUT2D eigenvalue weighted by Gasteiger charge is -2.02. The maximum atomic E-state index is 12.3. The summed E-state index contributed by atoms with van der Waals surface area (Å²) < 4.78 is 24.6. The van der Waals surface area contributed by atoms with E-state index < -0.39 is 9.84 Å². The molecule has 3 aromatic rings. The summed E-state index contributed by atoms with van der Waals surface area (Å²) in [5, 5.41) is 2.68. The molecular weight excluding hydrogens is 314 g/mol. The highest BCUT2D eigenvalue weighted by molar-refractivity contribution is 7.89. The van der Waals surface area contributed by atoms with Crippen LogP contribution in [0.2, 0.25) is 0 Å². The van der Waals surface area contributed by atoms with Gasteiger partial charge in [-0.1, -0.05) is 60.7 Å². The van der Waals surface area contributed by atoms with Crippen molar-refractivity contribution in [3.05, 3.63) is 77.3 Å². The molecule has 1 heterocycles. The quantitative estimate of drug-likeness (QED) is 0.712. The number of hydrogen-bond donors (Lipinski definition) is 0. The van der Waals surface area contributed by atoms with Crippen molar-refractivity contribution >= 4 is 21.2 Å². The Morgan fingerprint density at radius 3 is 2.18 bits per heavy atom. The predicted octanol–water partition coefficient (Wildman–Crippen LogP) is 3.93. The first-order chi connectivity index (χ1) is 10.6. The summed E-state index contributed by atoms with van der Waals surface area (Å²) >= 11 is 1.47. The Bertz CT molecular complexity index is 841. The third-order valence-corrected chi connectivity index (χ3v) is 5.62. The van der Waals surface area contributed by atoms with E-state index in [1.807, 2.05) is 66.0 Å². The van der Waals surface area contributed by atoms with Crippen molar-refractivity contribution in [3.63, 3.8) is 0 Å². The third-order valence-electron chi connectivity index (χ3n) is 3.17. The largest absolute Gasteiger partial charge is 0.240 e. The Hall–Kier alpha value is -1.98. The van der Waals surface area contributed by atoms with E-state index in [1.165, 1.54) is 11.3 Å². The minimum atomic E-state index is -3.21. The van der Waals surface area contributed by atoms with Gasteiger partial charge in [-0.25, -0.2) is 13.4 Å². The van der Waals surface area contributed by atoms with Crippen LogP contribution in [0.5, 0.6) is 0 Å². The second-order valence-corrected chi connectivity index (χ2v) is 7.95. The molecule has 0 fully saturated rings. The minimum absolute atomic E-state index is 0.0226. The van der Waals surface area contributed by atoms with E-state index in [2.05, 4.69) is 4.98 Å². The number of benzene rings is 2. The van der Waals surface area contributed by atoms with E-state index in [0.717, 1.165) is 16.1 Å². The minimum Gasteiger partial charge on any atom is -0.240 e. The molecule has 0 aliphatic heterocycles. The molecule has 0 saturated carbocycles. The molecular formula is C17H15NO2S2. The van der Waals surface area contributed by atoms with Crippen LogP contribution in [-0.4, -0.2) is 13.4 Å². The molecule has 2 aromatic carbocycles. The van der Waals surface area contributed by atoms with E-state index in [0.29, 0.717) is 5.69 Å². The van der Waals surface area contributed by atoms with Crippen LogP contribution in [0.1, 0.15) is 11.3 Å². The fourth-order valence-corrected chi connectivity index (χ4v) is 4.52. The van der Waals surface area contributed by atoms with E-state index in [9.17, 15) is 8.42 Å². The maximum absolute atomic E-state index is 12.3. The SMILES string of the molecule is O=S(=O)(Cc1ccccc1)Cc1csc(-c2ccccc2)n1. The fourth-order valence-electron chi connectivity index (χ4n) is 2.19. The number of thiazole rings is 1. The lowest BCUT2D eigenvalue weighted by molar-refractivity contribution is 0.594. The third kappa shape index (κ3) is 3.81. The van der Waals surface area contributed by atoms with E-state index in [1.54, 1.807) is 0 Å². The van der Waals surface area contributed by atoms with Gasteiger partial charge >= 0.3 is 0 Å².